The molecule has 0 fully saturated rings. The van der Waals surface area contributed by atoms with Crippen LogP contribution in [0.1, 0.15) is 22.3 Å². The normalized spacial score (nSPS) is 10.7. The average Bonchev–Trinajstić information content (AvgIpc) is 2.82. The SMILES string of the molecule is COc1cc2oc(=O)cc(-c3ccccc3)c2cc1CCC(=O)Nc1ccccc1C(N)=O. The van der Waals surface area contributed by atoms with Gasteiger partial charge in [0.2, 0.25) is 5.91 Å². The molecule has 4 aromatic rings. The van der Waals surface area contributed by atoms with Gasteiger partial charge < -0.3 is 20.2 Å². The van der Waals surface area contributed by atoms with Crippen molar-refractivity contribution in [3.8, 4) is 16.9 Å². The summed E-state index contributed by atoms with van der Waals surface area (Å²) in [6.45, 7) is 0. The molecular formula is C26H22N2O5. The van der Waals surface area contributed by atoms with Crippen LogP contribution in [0.4, 0.5) is 5.69 Å². The number of hydrogen-bond donors (Lipinski definition) is 2. The van der Waals surface area contributed by atoms with Crippen molar-refractivity contribution in [3.63, 3.8) is 0 Å². The molecule has 33 heavy (non-hydrogen) atoms. The molecule has 1 heterocycles. The van der Waals surface area contributed by atoms with Crippen molar-refractivity contribution in [1.82, 2.24) is 0 Å². The lowest BCUT2D eigenvalue weighted by Gasteiger charge is -2.13. The van der Waals surface area contributed by atoms with E-state index in [2.05, 4.69) is 5.32 Å². The van der Waals surface area contributed by atoms with Crippen molar-refractivity contribution in [2.45, 2.75) is 12.8 Å². The first-order valence-electron chi connectivity index (χ1n) is 10.3. The first-order valence-corrected chi connectivity index (χ1v) is 10.3. The van der Waals surface area contributed by atoms with E-state index in [1.165, 1.54) is 13.2 Å². The summed E-state index contributed by atoms with van der Waals surface area (Å²) in [5, 5.41) is 3.49. The molecule has 0 saturated heterocycles. The Kier molecular flexibility index (Phi) is 6.22. The van der Waals surface area contributed by atoms with E-state index in [9.17, 15) is 14.4 Å². The van der Waals surface area contributed by atoms with Crippen LogP contribution in [0.25, 0.3) is 22.1 Å². The molecule has 7 nitrogen and oxygen atoms in total. The summed E-state index contributed by atoms with van der Waals surface area (Å²) in [5.74, 6) is -0.369. The molecule has 0 saturated carbocycles. The summed E-state index contributed by atoms with van der Waals surface area (Å²) in [6.07, 6.45) is 0.517. The highest BCUT2D eigenvalue weighted by Crippen LogP contribution is 2.33. The summed E-state index contributed by atoms with van der Waals surface area (Å²) in [6, 6.07) is 21.1. The summed E-state index contributed by atoms with van der Waals surface area (Å²) >= 11 is 0. The summed E-state index contributed by atoms with van der Waals surface area (Å²) in [7, 11) is 1.52. The Hall–Kier alpha value is -4.39. The highest BCUT2D eigenvalue weighted by atomic mass is 16.5. The molecule has 0 aliphatic heterocycles. The molecule has 2 amide bonds. The van der Waals surface area contributed by atoms with Crippen LogP contribution in [-0.2, 0) is 11.2 Å². The van der Waals surface area contributed by atoms with Crippen LogP contribution in [0, 0.1) is 0 Å². The Labute approximate surface area is 189 Å². The minimum atomic E-state index is -0.614. The fourth-order valence-corrected chi connectivity index (χ4v) is 3.74. The highest BCUT2D eigenvalue weighted by molar-refractivity contribution is 6.03. The summed E-state index contributed by atoms with van der Waals surface area (Å²) in [4.78, 5) is 36.3. The van der Waals surface area contributed by atoms with E-state index in [1.807, 2.05) is 36.4 Å². The molecule has 0 radical (unpaired) electrons. The van der Waals surface area contributed by atoms with Crippen molar-refractivity contribution in [2.75, 3.05) is 12.4 Å². The number of hydrogen-bond acceptors (Lipinski definition) is 5. The van der Waals surface area contributed by atoms with Gasteiger partial charge in [0.1, 0.15) is 11.3 Å². The van der Waals surface area contributed by atoms with E-state index >= 15 is 0 Å². The number of nitrogens with two attached hydrogens (primary N) is 1. The van der Waals surface area contributed by atoms with E-state index in [0.717, 1.165) is 22.1 Å². The van der Waals surface area contributed by atoms with Crippen LogP contribution in [0.5, 0.6) is 5.75 Å². The predicted octanol–water partition coefficient (Wildman–Crippen LogP) is 4.14. The van der Waals surface area contributed by atoms with Gasteiger partial charge >= 0.3 is 5.63 Å². The van der Waals surface area contributed by atoms with Gasteiger partial charge in [-0.1, -0.05) is 42.5 Å². The quantitative estimate of drug-likeness (QED) is 0.418. The lowest BCUT2D eigenvalue weighted by atomic mass is 9.98. The van der Waals surface area contributed by atoms with Crippen molar-refractivity contribution in [3.05, 3.63) is 94.3 Å². The fraction of sp³-hybridized carbons (Fsp3) is 0.115. The van der Waals surface area contributed by atoms with Gasteiger partial charge in [0, 0.05) is 23.9 Å². The predicted molar refractivity (Wildman–Crippen MR) is 126 cm³/mol. The number of fused-ring (bicyclic) bond motifs is 1. The molecule has 0 aliphatic rings. The number of ether oxygens (including phenoxy) is 1. The smallest absolute Gasteiger partial charge is 0.336 e. The number of aryl methyl sites for hydroxylation is 1. The van der Waals surface area contributed by atoms with Gasteiger partial charge in [-0.05, 0) is 41.3 Å². The maximum absolute atomic E-state index is 12.6. The van der Waals surface area contributed by atoms with Crippen LogP contribution in [0.3, 0.4) is 0 Å². The average molecular weight is 442 g/mol. The number of carbonyl (C=O) groups excluding carboxylic acids is 2. The zero-order valence-electron chi connectivity index (χ0n) is 18.0. The number of rotatable bonds is 7. The van der Waals surface area contributed by atoms with Crippen molar-refractivity contribution in [2.24, 2.45) is 5.73 Å². The second-order valence-corrected chi connectivity index (χ2v) is 7.46. The second-order valence-electron chi connectivity index (χ2n) is 7.46. The molecule has 4 rings (SSSR count). The molecule has 0 bridgehead atoms. The lowest BCUT2D eigenvalue weighted by Crippen LogP contribution is -2.18. The minimum Gasteiger partial charge on any atom is -0.496 e. The largest absolute Gasteiger partial charge is 0.496 e. The topological polar surface area (TPSA) is 112 Å². The third kappa shape index (κ3) is 4.77. The Balaban J connectivity index is 1.64. The van der Waals surface area contributed by atoms with E-state index in [0.29, 0.717) is 23.4 Å². The van der Waals surface area contributed by atoms with E-state index in [-0.39, 0.29) is 17.9 Å². The highest BCUT2D eigenvalue weighted by Gasteiger charge is 2.15. The van der Waals surface area contributed by atoms with E-state index in [4.69, 9.17) is 14.9 Å². The van der Waals surface area contributed by atoms with Crippen molar-refractivity contribution in [1.29, 1.82) is 0 Å². The minimum absolute atomic E-state index is 0.145. The van der Waals surface area contributed by atoms with Gasteiger partial charge in [-0.15, -0.1) is 0 Å². The maximum atomic E-state index is 12.6. The van der Waals surface area contributed by atoms with Gasteiger partial charge in [-0.2, -0.15) is 0 Å². The van der Waals surface area contributed by atoms with E-state index < -0.39 is 11.5 Å². The number of anilines is 1. The van der Waals surface area contributed by atoms with Gasteiger partial charge in [0.05, 0.1) is 18.4 Å². The number of amides is 2. The van der Waals surface area contributed by atoms with Gasteiger partial charge in [-0.25, -0.2) is 4.79 Å². The lowest BCUT2D eigenvalue weighted by molar-refractivity contribution is -0.116. The molecule has 166 valence electrons. The van der Waals surface area contributed by atoms with Crippen LogP contribution in [0.15, 0.2) is 82.0 Å². The van der Waals surface area contributed by atoms with Crippen molar-refractivity contribution >= 4 is 28.5 Å². The molecule has 0 atom stereocenters. The number of methoxy groups -OCH3 is 1. The first kappa shape index (κ1) is 21.8. The zero-order valence-corrected chi connectivity index (χ0v) is 18.0. The molecule has 0 aliphatic carbocycles. The number of nitrogens with one attached hydrogen (secondary N) is 1. The van der Waals surface area contributed by atoms with E-state index in [1.54, 1.807) is 30.3 Å². The van der Waals surface area contributed by atoms with Crippen LogP contribution >= 0.6 is 0 Å². The van der Waals surface area contributed by atoms with Crippen LogP contribution in [0.2, 0.25) is 0 Å². The van der Waals surface area contributed by atoms with Gasteiger partial charge in [0.15, 0.2) is 0 Å². The second kappa shape index (κ2) is 9.40. The van der Waals surface area contributed by atoms with Crippen molar-refractivity contribution < 1.29 is 18.7 Å². The molecule has 0 spiro atoms. The van der Waals surface area contributed by atoms with Gasteiger partial charge in [0.25, 0.3) is 5.91 Å². The molecule has 7 heteroatoms. The summed E-state index contributed by atoms with van der Waals surface area (Å²) in [5.41, 5.74) is 8.36. The number of para-hydroxylation sites is 1. The molecule has 0 unspecified atom stereocenters. The Morgan fingerprint density at radius 1 is 1.00 bits per heavy atom. The number of carbonyl (C=O) groups is 2. The maximum Gasteiger partial charge on any atom is 0.336 e. The number of primary amides is 1. The molecule has 3 N–H and O–H groups in total. The Morgan fingerprint density at radius 2 is 1.73 bits per heavy atom. The van der Waals surface area contributed by atoms with Crippen LogP contribution in [-0.4, -0.2) is 18.9 Å². The zero-order chi connectivity index (χ0) is 23.4. The molecular weight excluding hydrogens is 420 g/mol. The van der Waals surface area contributed by atoms with Gasteiger partial charge in [-0.3, -0.25) is 9.59 Å². The fourth-order valence-electron chi connectivity index (χ4n) is 3.74. The third-order valence-electron chi connectivity index (χ3n) is 5.32. The summed E-state index contributed by atoms with van der Waals surface area (Å²) < 4.78 is 10.9. The molecule has 3 aromatic carbocycles. The first-order chi connectivity index (χ1) is 16.0. The Bertz CT molecular complexity index is 1390. The molecule has 1 aromatic heterocycles. The third-order valence-corrected chi connectivity index (χ3v) is 5.32. The monoisotopic (exact) mass is 442 g/mol. The standard InChI is InChI=1S/C26H22N2O5/c1-32-22-15-23-20(19(14-25(30)33-23)16-7-3-2-4-8-16)13-17(22)11-12-24(29)28-21-10-6-5-9-18(21)26(27)31/h2-10,13-15H,11-12H2,1H3,(H2,27,31)(H,28,29). The Morgan fingerprint density at radius 3 is 2.45 bits per heavy atom. The number of benzene rings is 3. The van der Waals surface area contributed by atoms with Crippen LogP contribution < -0.4 is 21.4 Å².